The Bertz CT molecular complexity index is 522. The molecule has 23 heavy (non-hydrogen) atoms. The van der Waals surface area contributed by atoms with Gasteiger partial charge in [-0.15, -0.1) is 0 Å². The summed E-state index contributed by atoms with van der Waals surface area (Å²) in [5, 5.41) is 6.33. The fraction of sp³-hybridized carbons (Fsp3) is 0.611. The molecule has 5 nitrogen and oxygen atoms in total. The van der Waals surface area contributed by atoms with E-state index in [1.54, 1.807) is 0 Å². The topological polar surface area (TPSA) is 53.6 Å². The molecular weight excluding hydrogens is 290 g/mol. The molecule has 0 spiro atoms. The van der Waals surface area contributed by atoms with E-state index < -0.39 is 11.7 Å². The maximum absolute atomic E-state index is 11.7. The SMILES string of the molecule is CC1CC(Nc2ccc(NC(=O)OC(C)(C)C)cc2)CCN1C. The predicted molar refractivity (Wildman–Crippen MR) is 95.0 cm³/mol. The largest absolute Gasteiger partial charge is 0.444 e. The summed E-state index contributed by atoms with van der Waals surface area (Å²) < 4.78 is 5.24. The zero-order valence-corrected chi connectivity index (χ0v) is 14.8. The third-order valence-electron chi connectivity index (χ3n) is 4.11. The van der Waals surface area contributed by atoms with Gasteiger partial charge in [0, 0.05) is 30.0 Å². The van der Waals surface area contributed by atoms with Crippen molar-refractivity contribution in [2.24, 2.45) is 0 Å². The van der Waals surface area contributed by atoms with E-state index in [4.69, 9.17) is 4.74 Å². The molecule has 1 aromatic carbocycles. The number of carbonyl (C=O) groups excluding carboxylic acids is 1. The standard InChI is InChI=1S/C18H29N3O2/c1-13-12-16(10-11-21(13)5)19-14-6-8-15(9-7-14)20-17(22)23-18(2,3)4/h6-9,13,16,19H,10-12H2,1-5H3,(H,20,22). The normalized spacial score (nSPS) is 22.5. The second-order valence-electron chi connectivity index (χ2n) is 7.40. The fourth-order valence-corrected chi connectivity index (χ4v) is 2.73. The first-order valence-electron chi connectivity index (χ1n) is 8.30. The van der Waals surface area contributed by atoms with E-state index in [2.05, 4.69) is 29.5 Å². The van der Waals surface area contributed by atoms with E-state index in [1.165, 1.54) is 0 Å². The highest BCUT2D eigenvalue weighted by atomic mass is 16.6. The second kappa shape index (κ2) is 7.21. The van der Waals surface area contributed by atoms with Crippen molar-refractivity contribution in [3.05, 3.63) is 24.3 Å². The number of rotatable bonds is 3. The monoisotopic (exact) mass is 319 g/mol. The van der Waals surface area contributed by atoms with Crippen LogP contribution in [0.3, 0.4) is 0 Å². The number of nitrogens with zero attached hydrogens (tertiary/aromatic N) is 1. The van der Waals surface area contributed by atoms with Gasteiger partial charge in [-0.05, 0) is 71.8 Å². The third-order valence-corrected chi connectivity index (χ3v) is 4.11. The van der Waals surface area contributed by atoms with E-state index in [0.29, 0.717) is 12.1 Å². The van der Waals surface area contributed by atoms with Crippen LogP contribution in [0, 0.1) is 0 Å². The zero-order valence-electron chi connectivity index (χ0n) is 14.8. The highest BCUT2D eigenvalue weighted by Gasteiger charge is 2.22. The number of hydrogen-bond donors (Lipinski definition) is 2. The van der Waals surface area contributed by atoms with Crippen LogP contribution in [0.4, 0.5) is 16.2 Å². The van der Waals surface area contributed by atoms with Crippen LogP contribution in [0.5, 0.6) is 0 Å². The van der Waals surface area contributed by atoms with Gasteiger partial charge in [0.1, 0.15) is 5.60 Å². The lowest BCUT2D eigenvalue weighted by Crippen LogP contribution is -2.42. The maximum atomic E-state index is 11.7. The van der Waals surface area contributed by atoms with Crippen molar-refractivity contribution < 1.29 is 9.53 Å². The summed E-state index contributed by atoms with van der Waals surface area (Å²) in [5.41, 5.74) is 1.33. The Labute approximate surface area is 139 Å². The Morgan fingerprint density at radius 3 is 2.39 bits per heavy atom. The Morgan fingerprint density at radius 2 is 1.83 bits per heavy atom. The molecule has 2 N–H and O–H groups in total. The number of anilines is 2. The van der Waals surface area contributed by atoms with Crippen LogP contribution >= 0.6 is 0 Å². The third kappa shape index (κ3) is 5.75. The smallest absolute Gasteiger partial charge is 0.412 e. The Morgan fingerprint density at radius 1 is 1.22 bits per heavy atom. The van der Waals surface area contributed by atoms with E-state index in [0.717, 1.165) is 30.8 Å². The zero-order chi connectivity index (χ0) is 17.0. The van der Waals surface area contributed by atoms with Gasteiger partial charge in [-0.2, -0.15) is 0 Å². The van der Waals surface area contributed by atoms with E-state index in [-0.39, 0.29) is 0 Å². The van der Waals surface area contributed by atoms with Crippen molar-refractivity contribution in [1.29, 1.82) is 0 Å². The molecule has 5 heteroatoms. The molecule has 1 heterocycles. The van der Waals surface area contributed by atoms with Crippen molar-refractivity contribution in [2.75, 3.05) is 24.2 Å². The molecular formula is C18H29N3O2. The fourth-order valence-electron chi connectivity index (χ4n) is 2.73. The second-order valence-corrected chi connectivity index (χ2v) is 7.40. The number of likely N-dealkylation sites (tertiary alicyclic amines) is 1. The van der Waals surface area contributed by atoms with Gasteiger partial charge in [-0.1, -0.05) is 0 Å². The minimum absolute atomic E-state index is 0.428. The molecule has 0 aliphatic carbocycles. The summed E-state index contributed by atoms with van der Waals surface area (Å²) >= 11 is 0. The Hall–Kier alpha value is -1.75. The van der Waals surface area contributed by atoms with Crippen LogP contribution in [0.2, 0.25) is 0 Å². The first-order chi connectivity index (χ1) is 10.7. The lowest BCUT2D eigenvalue weighted by Gasteiger charge is -2.35. The van der Waals surface area contributed by atoms with Crippen molar-refractivity contribution >= 4 is 17.5 Å². The molecule has 2 unspecified atom stereocenters. The average Bonchev–Trinajstić information content (AvgIpc) is 2.43. The highest BCUT2D eigenvalue weighted by Crippen LogP contribution is 2.21. The number of benzene rings is 1. The van der Waals surface area contributed by atoms with Crippen LogP contribution in [0.25, 0.3) is 0 Å². The van der Waals surface area contributed by atoms with Gasteiger partial charge in [0.05, 0.1) is 0 Å². The van der Waals surface area contributed by atoms with Gasteiger partial charge in [0.2, 0.25) is 0 Å². The van der Waals surface area contributed by atoms with Crippen LogP contribution in [-0.4, -0.2) is 42.3 Å². The number of hydrogen-bond acceptors (Lipinski definition) is 4. The molecule has 1 aliphatic heterocycles. The lowest BCUT2D eigenvalue weighted by molar-refractivity contribution is 0.0636. The van der Waals surface area contributed by atoms with Gasteiger partial charge in [-0.25, -0.2) is 4.79 Å². The minimum atomic E-state index is -0.490. The van der Waals surface area contributed by atoms with Crippen molar-refractivity contribution in [2.45, 2.75) is 58.2 Å². The van der Waals surface area contributed by atoms with E-state index >= 15 is 0 Å². The van der Waals surface area contributed by atoms with Gasteiger partial charge in [-0.3, -0.25) is 5.32 Å². The van der Waals surface area contributed by atoms with Crippen molar-refractivity contribution in [1.82, 2.24) is 4.90 Å². The molecule has 2 rings (SSSR count). The van der Waals surface area contributed by atoms with Crippen LogP contribution in [-0.2, 0) is 4.74 Å². The molecule has 1 aromatic rings. The highest BCUT2D eigenvalue weighted by molar-refractivity contribution is 5.85. The minimum Gasteiger partial charge on any atom is -0.444 e. The molecule has 128 valence electrons. The number of ether oxygens (including phenoxy) is 1. The lowest BCUT2D eigenvalue weighted by atomic mass is 9.98. The van der Waals surface area contributed by atoms with Gasteiger partial charge >= 0.3 is 6.09 Å². The molecule has 0 bridgehead atoms. The predicted octanol–water partition coefficient (Wildman–Crippen LogP) is 3.93. The van der Waals surface area contributed by atoms with Gasteiger partial charge in [0.25, 0.3) is 0 Å². The molecule has 0 saturated carbocycles. The van der Waals surface area contributed by atoms with Gasteiger partial charge < -0.3 is 15.0 Å². The summed E-state index contributed by atoms with van der Waals surface area (Å²) in [5.74, 6) is 0. The quantitative estimate of drug-likeness (QED) is 0.886. The summed E-state index contributed by atoms with van der Waals surface area (Å²) in [6.45, 7) is 8.94. The molecule has 0 radical (unpaired) electrons. The number of nitrogens with one attached hydrogen (secondary N) is 2. The summed E-state index contributed by atoms with van der Waals surface area (Å²) in [7, 11) is 2.18. The Kier molecular flexibility index (Phi) is 5.52. The number of piperidine rings is 1. The summed E-state index contributed by atoms with van der Waals surface area (Å²) in [6, 6.07) is 8.89. The van der Waals surface area contributed by atoms with E-state index in [1.807, 2.05) is 45.0 Å². The van der Waals surface area contributed by atoms with Gasteiger partial charge in [0.15, 0.2) is 0 Å². The average molecular weight is 319 g/mol. The number of amides is 1. The van der Waals surface area contributed by atoms with Crippen molar-refractivity contribution in [3.8, 4) is 0 Å². The summed E-state index contributed by atoms with van der Waals surface area (Å²) in [6.07, 6.45) is 1.87. The summed E-state index contributed by atoms with van der Waals surface area (Å²) in [4.78, 5) is 14.1. The molecule has 0 aromatic heterocycles. The molecule has 1 aliphatic rings. The Balaban J connectivity index is 1.86. The van der Waals surface area contributed by atoms with Crippen LogP contribution < -0.4 is 10.6 Å². The molecule has 2 atom stereocenters. The molecule has 1 fully saturated rings. The first kappa shape index (κ1) is 17.6. The van der Waals surface area contributed by atoms with E-state index in [9.17, 15) is 4.79 Å². The van der Waals surface area contributed by atoms with Crippen LogP contribution in [0.1, 0.15) is 40.5 Å². The van der Waals surface area contributed by atoms with Crippen LogP contribution in [0.15, 0.2) is 24.3 Å². The number of carbonyl (C=O) groups is 1. The van der Waals surface area contributed by atoms with Crippen molar-refractivity contribution in [3.63, 3.8) is 0 Å². The maximum Gasteiger partial charge on any atom is 0.412 e. The molecule has 1 saturated heterocycles. The molecule has 1 amide bonds. The first-order valence-corrected chi connectivity index (χ1v) is 8.30.